The van der Waals surface area contributed by atoms with Gasteiger partial charge in [-0.1, -0.05) is 0 Å². The van der Waals surface area contributed by atoms with E-state index >= 15 is 0 Å². The SMILES string of the molecule is CN1CCCN(C(=O)c2ccn(C)c(=O)c2)CC1=O. The minimum Gasteiger partial charge on any atom is -0.344 e. The molecule has 0 radical (unpaired) electrons. The van der Waals surface area contributed by atoms with Crippen molar-refractivity contribution >= 4 is 11.8 Å². The summed E-state index contributed by atoms with van der Waals surface area (Å²) in [5.74, 6) is -0.337. The molecule has 0 aliphatic carbocycles. The van der Waals surface area contributed by atoms with Gasteiger partial charge in [-0.25, -0.2) is 0 Å². The first-order valence-electron chi connectivity index (χ1n) is 6.19. The molecule has 1 aromatic rings. The first kappa shape index (κ1) is 13.3. The fourth-order valence-electron chi connectivity index (χ4n) is 2.02. The fourth-order valence-corrected chi connectivity index (χ4v) is 2.02. The van der Waals surface area contributed by atoms with Crippen molar-refractivity contribution in [3.63, 3.8) is 0 Å². The van der Waals surface area contributed by atoms with Crippen molar-refractivity contribution < 1.29 is 9.59 Å². The molecule has 1 aromatic heterocycles. The summed E-state index contributed by atoms with van der Waals surface area (Å²) < 4.78 is 1.40. The fraction of sp³-hybridized carbons (Fsp3) is 0.462. The van der Waals surface area contributed by atoms with Crippen LogP contribution in [0.2, 0.25) is 0 Å². The van der Waals surface area contributed by atoms with E-state index in [9.17, 15) is 14.4 Å². The van der Waals surface area contributed by atoms with Gasteiger partial charge in [-0.3, -0.25) is 14.4 Å². The second-order valence-corrected chi connectivity index (χ2v) is 4.76. The summed E-state index contributed by atoms with van der Waals surface area (Å²) in [7, 11) is 3.36. The Labute approximate surface area is 111 Å². The van der Waals surface area contributed by atoms with E-state index in [0.29, 0.717) is 18.7 Å². The number of likely N-dealkylation sites (N-methyl/N-ethyl adjacent to an activating group) is 1. The van der Waals surface area contributed by atoms with E-state index in [1.54, 1.807) is 31.3 Å². The molecule has 0 saturated carbocycles. The van der Waals surface area contributed by atoms with Gasteiger partial charge in [-0.05, 0) is 12.5 Å². The highest BCUT2D eigenvalue weighted by Crippen LogP contribution is 2.07. The lowest BCUT2D eigenvalue weighted by atomic mass is 10.2. The molecule has 2 rings (SSSR count). The van der Waals surface area contributed by atoms with Crippen LogP contribution in [0.3, 0.4) is 0 Å². The summed E-state index contributed by atoms with van der Waals surface area (Å²) >= 11 is 0. The van der Waals surface area contributed by atoms with Gasteiger partial charge >= 0.3 is 0 Å². The predicted molar refractivity (Wildman–Crippen MR) is 69.8 cm³/mol. The predicted octanol–water partition coefficient (Wildman–Crippen LogP) is -0.310. The lowest BCUT2D eigenvalue weighted by molar-refractivity contribution is -0.129. The summed E-state index contributed by atoms with van der Waals surface area (Å²) in [6.45, 7) is 1.26. The molecule has 6 nitrogen and oxygen atoms in total. The van der Waals surface area contributed by atoms with E-state index < -0.39 is 0 Å². The number of rotatable bonds is 1. The van der Waals surface area contributed by atoms with Crippen LogP contribution >= 0.6 is 0 Å². The average Bonchev–Trinajstić information content (AvgIpc) is 2.55. The standard InChI is InChI=1S/C13H17N3O3/c1-14-5-3-6-16(9-12(14)18)13(19)10-4-7-15(2)11(17)8-10/h4,7-8H,3,5-6,9H2,1-2H3. The molecule has 2 heterocycles. The van der Waals surface area contributed by atoms with E-state index in [-0.39, 0.29) is 23.9 Å². The number of amides is 2. The monoisotopic (exact) mass is 263 g/mol. The highest BCUT2D eigenvalue weighted by Gasteiger charge is 2.23. The van der Waals surface area contributed by atoms with Crippen molar-refractivity contribution in [2.24, 2.45) is 7.05 Å². The Kier molecular flexibility index (Phi) is 3.69. The first-order valence-corrected chi connectivity index (χ1v) is 6.19. The quantitative estimate of drug-likeness (QED) is 0.698. The van der Waals surface area contributed by atoms with Gasteiger partial charge < -0.3 is 14.4 Å². The largest absolute Gasteiger partial charge is 0.344 e. The maximum atomic E-state index is 12.3. The topological polar surface area (TPSA) is 62.6 Å². The zero-order valence-corrected chi connectivity index (χ0v) is 11.1. The van der Waals surface area contributed by atoms with Crippen LogP contribution in [0.15, 0.2) is 23.1 Å². The molecule has 0 atom stereocenters. The average molecular weight is 263 g/mol. The summed E-state index contributed by atoms with van der Waals surface area (Å²) in [4.78, 5) is 38.7. The summed E-state index contributed by atoms with van der Waals surface area (Å²) in [6, 6.07) is 2.91. The zero-order chi connectivity index (χ0) is 14.0. The van der Waals surface area contributed by atoms with Gasteiger partial charge in [0.1, 0.15) is 6.54 Å². The van der Waals surface area contributed by atoms with Crippen molar-refractivity contribution in [3.05, 3.63) is 34.2 Å². The molecule has 6 heteroatoms. The van der Waals surface area contributed by atoms with E-state index in [1.165, 1.54) is 15.5 Å². The Hall–Kier alpha value is -2.11. The molecule has 102 valence electrons. The number of hydrogen-bond donors (Lipinski definition) is 0. The van der Waals surface area contributed by atoms with Gasteiger partial charge in [0.05, 0.1) is 0 Å². The maximum Gasteiger partial charge on any atom is 0.254 e. The molecule has 0 bridgehead atoms. The first-order chi connectivity index (χ1) is 8.99. The molecule has 19 heavy (non-hydrogen) atoms. The van der Waals surface area contributed by atoms with Crippen molar-refractivity contribution in [2.75, 3.05) is 26.7 Å². The van der Waals surface area contributed by atoms with Gasteiger partial charge in [0.2, 0.25) is 5.91 Å². The smallest absolute Gasteiger partial charge is 0.254 e. The maximum absolute atomic E-state index is 12.3. The second-order valence-electron chi connectivity index (χ2n) is 4.76. The van der Waals surface area contributed by atoms with Crippen LogP contribution in [0.4, 0.5) is 0 Å². The molecule has 0 aromatic carbocycles. The Morgan fingerprint density at radius 2 is 1.95 bits per heavy atom. The lowest BCUT2D eigenvalue weighted by Gasteiger charge is -2.19. The molecule has 0 spiro atoms. The minimum atomic E-state index is -0.263. The van der Waals surface area contributed by atoms with Crippen LogP contribution in [-0.2, 0) is 11.8 Å². The molecule has 1 aliphatic heterocycles. The molecule has 2 amide bonds. The molecule has 1 aliphatic rings. The van der Waals surface area contributed by atoms with E-state index in [1.807, 2.05) is 0 Å². The Balaban J connectivity index is 2.21. The van der Waals surface area contributed by atoms with Gasteiger partial charge in [0.15, 0.2) is 0 Å². The number of aromatic nitrogens is 1. The third-order valence-electron chi connectivity index (χ3n) is 3.31. The summed E-state index contributed by atoms with van der Waals surface area (Å²) in [5.41, 5.74) is 0.101. The highest BCUT2D eigenvalue weighted by atomic mass is 16.2. The van der Waals surface area contributed by atoms with E-state index in [2.05, 4.69) is 0 Å². The molecule has 0 N–H and O–H groups in total. The minimum absolute atomic E-state index is 0.0740. The Bertz CT molecular complexity index is 564. The van der Waals surface area contributed by atoms with Crippen molar-refractivity contribution in [1.82, 2.24) is 14.4 Å². The zero-order valence-electron chi connectivity index (χ0n) is 11.1. The van der Waals surface area contributed by atoms with Crippen LogP contribution in [0.25, 0.3) is 0 Å². The van der Waals surface area contributed by atoms with Crippen LogP contribution < -0.4 is 5.56 Å². The summed E-state index contributed by atoms with van der Waals surface area (Å²) in [5, 5.41) is 0. The van der Waals surface area contributed by atoms with E-state index in [0.717, 1.165) is 6.42 Å². The van der Waals surface area contributed by atoms with Crippen LogP contribution in [0, 0.1) is 0 Å². The number of aryl methyl sites for hydroxylation is 1. The molecular weight excluding hydrogens is 246 g/mol. The number of pyridine rings is 1. The number of hydrogen-bond acceptors (Lipinski definition) is 3. The molecule has 1 fully saturated rings. The molecular formula is C13H17N3O3. The van der Waals surface area contributed by atoms with Crippen molar-refractivity contribution in [2.45, 2.75) is 6.42 Å². The number of carbonyl (C=O) groups excluding carboxylic acids is 2. The van der Waals surface area contributed by atoms with Crippen LogP contribution in [-0.4, -0.2) is 52.9 Å². The van der Waals surface area contributed by atoms with Gasteiger partial charge in [-0.15, -0.1) is 0 Å². The third-order valence-corrected chi connectivity index (χ3v) is 3.31. The number of nitrogens with zero attached hydrogens (tertiary/aromatic N) is 3. The van der Waals surface area contributed by atoms with Crippen LogP contribution in [0.1, 0.15) is 16.8 Å². The van der Waals surface area contributed by atoms with Gasteiger partial charge in [-0.2, -0.15) is 0 Å². The third kappa shape index (κ3) is 2.83. The summed E-state index contributed by atoms with van der Waals surface area (Å²) in [6.07, 6.45) is 2.31. The lowest BCUT2D eigenvalue weighted by Crippen LogP contribution is -2.38. The second kappa shape index (κ2) is 5.26. The molecule has 1 saturated heterocycles. The van der Waals surface area contributed by atoms with Crippen molar-refractivity contribution in [1.29, 1.82) is 0 Å². The van der Waals surface area contributed by atoms with Gasteiger partial charge in [0.25, 0.3) is 11.5 Å². The van der Waals surface area contributed by atoms with Gasteiger partial charge in [0, 0.05) is 45.0 Å². The number of carbonyl (C=O) groups is 2. The molecule has 0 unspecified atom stereocenters. The highest BCUT2D eigenvalue weighted by molar-refractivity contribution is 5.96. The van der Waals surface area contributed by atoms with Crippen molar-refractivity contribution in [3.8, 4) is 0 Å². The van der Waals surface area contributed by atoms with Crippen LogP contribution in [0.5, 0.6) is 0 Å². The van der Waals surface area contributed by atoms with E-state index in [4.69, 9.17) is 0 Å². The Morgan fingerprint density at radius 1 is 1.21 bits per heavy atom. The Morgan fingerprint density at radius 3 is 2.63 bits per heavy atom. The normalized spacial score (nSPS) is 16.4.